The molecule has 3 aromatic rings. The number of likely N-dealkylation sites (tertiary alicyclic amines) is 1. The number of hydrogen-bond donors (Lipinski definition) is 3. The number of aryl methyl sites for hydroxylation is 2. The first kappa shape index (κ1) is 28.4. The molecule has 5 rings (SSSR count). The number of anilines is 1. The van der Waals surface area contributed by atoms with Gasteiger partial charge in [0.15, 0.2) is 5.82 Å². The minimum atomic E-state index is -0.500. The van der Waals surface area contributed by atoms with Gasteiger partial charge in [-0.3, -0.25) is 19.3 Å². The highest BCUT2D eigenvalue weighted by atomic mass is 32.1. The van der Waals surface area contributed by atoms with Crippen molar-refractivity contribution in [2.75, 3.05) is 18.8 Å². The molecule has 1 aromatic carbocycles. The number of thiol groups is 1. The van der Waals surface area contributed by atoms with Gasteiger partial charge in [0.05, 0.1) is 16.3 Å². The molecule has 2 fully saturated rings. The van der Waals surface area contributed by atoms with Crippen molar-refractivity contribution >= 4 is 58.1 Å². The molecule has 9 nitrogen and oxygen atoms in total. The third kappa shape index (κ3) is 5.96. The summed E-state index contributed by atoms with van der Waals surface area (Å²) in [7, 11) is 0. The molecule has 1 aliphatic carbocycles. The van der Waals surface area contributed by atoms with Crippen LogP contribution < -0.4 is 11.1 Å². The van der Waals surface area contributed by atoms with Crippen LogP contribution >= 0.6 is 12.6 Å². The smallest absolute Gasteiger partial charge is 0.242 e. The highest BCUT2D eigenvalue weighted by Gasteiger charge is 2.38. The molecule has 0 spiro atoms. The van der Waals surface area contributed by atoms with Gasteiger partial charge in [-0.15, -0.1) is 0 Å². The number of rotatable bonds is 11. The van der Waals surface area contributed by atoms with Crippen LogP contribution in [0.1, 0.15) is 70.5 Å². The minimum absolute atomic E-state index is 0.000984. The van der Waals surface area contributed by atoms with Crippen molar-refractivity contribution in [2.24, 2.45) is 11.8 Å². The van der Waals surface area contributed by atoms with E-state index in [4.69, 9.17) is 10.7 Å². The first-order chi connectivity index (χ1) is 19.4. The Balaban J connectivity index is 1.12. The Hall–Kier alpha value is -3.14. The maximum Gasteiger partial charge on any atom is 0.242 e. The maximum atomic E-state index is 12.8. The Morgan fingerprint density at radius 3 is 2.60 bits per heavy atom. The molecule has 0 radical (unpaired) electrons. The van der Waals surface area contributed by atoms with E-state index in [0.717, 1.165) is 92.1 Å². The molecule has 1 aliphatic heterocycles. The second-order valence-electron chi connectivity index (χ2n) is 11.3. The fourth-order valence-corrected chi connectivity index (χ4v) is 6.44. The number of unbranched alkanes of at least 4 members (excludes halogenated alkanes) is 2. The topological polar surface area (TPSA) is 123 Å². The molecule has 0 bridgehead atoms. The number of imide groups is 1. The molecule has 1 saturated heterocycles. The van der Waals surface area contributed by atoms with Crippen molar-refractivity contribution in [3.05, 3.63) is 30.1 Å². The lowest BCUT2D eigenvalue weighted by molar-refractivity contribution is -0.139. The number of nitrogens with two attached hydrogens (primary N) is 1. The van der Waals surface area contributed by atoms with E-state index in [1.807, 2.05) is 18.2 Å². The predicted octanol–water partition coefficient (Wildman–Crippen LogP) is 4.27. The molecule has 40 heavy (non-hydrogen) atoms. The van der Waals surface area contributed by atoms with Gasteiger partial charge in [0.1, 0.15) is 11.3 Å². The molecule has 1 saturated carbocycles. The lowest BCUT2D eigenvalue weighted by Gasteiger charge is -2.30. The second-order valence-corrected chi connectivity index (χ2v) is 11.9. The minimum Gasteiger partial charge on any atom is -0.382 e. The van der Waals surface area contributed by atoms with Crippen molar-refractivity contribution in [3.63, 3.8) is 0 Å². The molecule has 1 unspecified atom stereocenters. The molecule has 1 atom stereocenters. The zero-order chi connectivity index (χ0) is 28.2. The summed E-state index contributed by atoms with van der Waals surface area (Å²) in [6.07, 6.45) is 8.33. The number of fused-ring (bicyclic) bond motifs is 3. The van der Waals surface area contributed by atoms with Gasteiger partial charge in [0, 0.05) is 43.8 Å². The van der Waals surface area contributed by atoms with Crippen LogP contribution in [-0.2, 0) is 27.3 Å². The van der Waals surface area contributed by atoms with E-state index in [-0.39, 0.29) is 36.0 Å². The molecule has 214 valence electrons. The number of aromatic nitrogens is 3. The van der Waals surface area contributed by atoms with E-state index in [0.29, 0.717) is 18.9 Å². The van der Waals surface area contributed by atoms with Crippen LogP contribution in [-0.4, -0.2) is 55.5 Å². The van der Waals surface area contributed by atoms with Crippen molar-refractivity contribution in [1.82, 2.24) is 24.8 Å². The van der Waals surface area contributed by atoms with Gasteiger partial charge in [-0.1, -0.05) is 31.5 Å². The third-order valence-electron chi connectivity index (χ3n) is 8.43. The summed E-state index contributed by atoms with van der Waals surface area (Å²) in [6, 6.07) is 8.06. The van der Waals surface area contributed by atoms with Gasteiger partial charge < -0.3 is 15.6 Å². The van der Waals surface area contributed by atoms with Crippen LogP contribution in [0.2, 0.25) is 0 Å². The molecular formula is C30H40N6O3S. The quantitative estimate of drug-likeness (QED) is 0.182. The standard InChI is InChI=1S/C30H40N6O3S/c1-2-3-10-24-34-26-27(21-8-4-5-9-22(21)33-28(26)31)35(24)16-7-6-15-32-29(38)20-13-11-19(12-14-20)18-36-25(37)17-23(40)30(36)39/h4-5,8-9,19-20,23,40H,2-3,6-7,10-18H2,1H3,(H2,31,33)(H,32,38)/t19-,20-,23?. The predicted molar refractivity (Wildman–Crippen MR) is 160 cm³/mol. The fourth-order valence-electron chi connectivity index (χ4n) is 6.15. The Labute approximate surface area is 240 Å². The van der Waals surface area contributed by atoms with Crippen LogP contribution in [0.25, 0.3) is 21.9 Å². The number of nitrogens with zero attached hydrogens (tertiary/aromatic N) is 4. The Morgan fingerprint density at radius 2 is 1.88 bits per heavy atom. The molecule has 2 aromatic heterocycles. The van der Waals surface area contributed by atoms with Crippen LogP contribution in [0.4, 0.5) is 5.82 Å². The van der Waals surface area contributed by atoms with Gasteiger partial charge in [0.2, 0.25) is 17.7 Å². The number of hydrogen-bond acceptors (Lipinski definition) is 7. The number of carbonyl (C=O) groups is 3. The lowest BCUT2D eigenvalue weighted by atomic mass is 9.81. The summed E-state index contributed by atoms with van der Waals surface area (Å²) in [5, 5.41) is 3.71. The number of benzene rings is 1. The van der Waals surface area contributed by atoms with Crippen molar-refractivity contribution < 1.29 is 14.4 Å². The maximum absolute atomic E-state index is 12.8. The number of nitrogen functional groups attached to an aromatic ring is 1. The van der Waals surface area contributed by atoms with E-state index in [9.17, 15) is 14.4 Å². The highest BCUT2D eigenvalue weighted by molar-refractivity contribution is 7.81. The van der Waals surface area contributed by atoms with Gasteiger partial charge in [-0.2, -0.15) is 12.6 Å². The van der Waals surface area contributed by atoms with E-state index in [2.05, 4.69) is 40.5 Å². The van der Waals surface area contributed by atoms with Gasteiger partial charge >= 0.3 is 0 Å². The van der Waals surface area contributed by atoms with Crippen LogP contribution in [0.15, 0.2) is 24.3 Å². The van der Waals surface area contributed by atoms with Gasteiger partial charge in [0.25, 0.3) is 0 Å². The number of pyridine rings is 1. The van der Waals surface area contributed by atoms with Gasteiger partial charge in [-0.25, -0.2) is 9.97 Å². The number of carbonyl (C=O) groups excluding carboxylic acids is 3. The molecule has 3 N–H and O–H groups in total. The SMILES string of the molecule is CCCCc1nc2c(N)nc3ccccc3c2n1CCCCNC(=O)[C@H]1CC[C@H](CN2C(=O)CC(S)C2=O)CC1. The first-order valence-electron chi connectivity index (χ1n) is 14.7. The molecule has 10 heteroatoms. The first-order valence-corrected chi connectivity index (χ1v) is 15.2. The van der Waals surface area contributed by atoms with Gasteiger partial charge in [-0.05, 0) is 56.9 Å². The number of para-hydroxylation sites is 1. The van der Waals surface area contributed by atoms with E-state index >= 15 is 0 Å². The van der Waals surface area contributed by atoms with Crippen molar-refractivity contribution in [2.45, 2.75) is 82.9 Å². The summed E-state index contributed by atoms with van der Waals surface area (Å²) in [6.45, 7) is 4.09. The van der Waals surface area contributed by atoms with E-state index in [1.54, 1.807) is 0 Å². The van der Waals surface area contributed by atoms with Crippen LogP contribution in [0.5, 0.6) is 0 Å². The molecular weight excluding hydrogens is 524 g/mol. The second kappa shape index (κ2) is 12.6. The summed E-state index contributed by atoms with van der Waals surface area (Å²) in [5.41, 5.74) is 9.02. The van der Waals surface area contributed by atoms with Crippen LogP contribution in [0, 0.1) is 11.8 Å². The molecule has 2 aliphatic rings. The average Bonchev–Trinajstić information content (AvgIpc) is 3.44. The zero-order valence-electron chi connectivity index (χ0n) is 23.3. The van der Waals surface area contributed by atoms with E-state index < -0.39 is 5.25 Å². The van der Waals surface area contributed by atoms with E-state index in [1.165, 1.54) is 4.90 Å². The normalized spacial score (nSPS) is 21.6. The fraction of sp³-hybridized carbons (Fsp3) is 0.567. The number of nitrogens with one attached hydrogen (secondary N) is 1. The summed E-state index contributed by atoms with van der Waals surface area (Å²) in [4.78, 5) is 47.9. The van der Waals surface area contributed by atoms with Crippen molar-refractivity contribution in [3.8, 4) is 0 Å². The third-order valence-corrected chi connectivity index (χ3v) is 8.83. The summed E-state index contributed by atoms with van der Waals surface area (Å²) >= 11 is 4.21. The highest BCUT2D eigenvalue weighted by Crippen LogP contribution is 2.32. The average molecular weight is 565 g/mol. The molecule has 3 heterocycles. The monoisotopic (exact) mass is 564 g/mol. The Kier molecular flexibility index (Phi) is 8.93. The number of imidazole rings is 1. The molecule has 3 amide bonds. The lowest BCUT2D eigenvalue weighted by Crippen LogP contribution is -2.38. The van der Waals surface area contributed by atoms with Crippen molar-refractivity contribution in [1.29, 1.82) is 0 Å². The summed E-state index contributed by atoms with van der Waals surface area (Å²) < 4.78 is 2.31. The zero-order valence-corrected chi connectivity index (χ0v) is 24.2. The Morgan fingerprint density at radius 1 is 1.10 bits per heavy atom. The van der Waals surface area contributed by atoms with Crippen LogP contribution in [0.3, 0.4) is 0 Å². The number of amides is 3. The Bertz CT molecular complexity index is 1400. The largest absolute Gasteiger partial charge is 0.382 e. The summed E-state index contributed by atoms with van der Waals surface area (Å²) in [5.74, 6) is 1.59.